The van der Waals surface area contributed by atoms with Crippen LogP contribution in [0.15, 0.2) is 71.1 Å². The van der Waals surface area contributed by atoms with E-state index in [0.29, 0.717) is 18.1 Å². The first-order valence-corrected chi connectivity index (χ1v) is 8.96. The molecule has 140 valence electrons. The minimum Gasteiger partial charge on any atom is -0.494 e. The van der Waals surface area contributed by atoms with E-state index in [4.69, 9.17) is 13.9 Å². The molecule has 5 heteroatoms. The Morgan fingerprint density at radius 3 is 2.30 bits per heavy atom. The molecule has 0 saturated carbocycles. The Morgan fingerprint density at radius 2 is 1.63 bits per heavy atom. The summed E-state index contributed by atoms with van der Waals surface area (Å²) in [7, 11) is 0. The van der Waals surface area contributed by atoms with Gasteiger partial charge >= 0.3 is 0 Å². The fourth-order valence-corrected chi connectivity index (χ4v) is 2.62. The molecule has 27 heavy (non-hydrogen) atoms. The molecular weight excluding hydrogens is 342 g/mol. The molecular formula is C22H23NO4. The molecule has 5 nitrogen and oxygen atoms in total. The van der Waals surface area contributed by atoms with Gasteiger partial charge in [-0.1, -0.05) is 30.3 Å². The van der Waals surface area contributed by atoms with Crippen molar-refractivity contribution in [3.05, 3.63) is 83.8 Å². The maximum atomic E-state index is 12.4. The number of ether oxygens (including phenoxy) is 2. The van der Waals surface area contributed by atoms with E-state index in [-0.39, 0.29) is 24.3 Å². The van der Waals surface area contributed by atoms with Crippen molar-refractivity contribution in [1.82, 2.24) is 5.32 Å². The minimum absolute atomic E-state index is 0.104. The van der Waals surface area contributed by atoms with Crippen molar-refractivity contribution in [2.24, 2.45) is 0 Å². The second-order valence-corrected chi connectivity index (χ2v) is 6.06. The summed E-state index contributed by atoms with van der Waals surface area (Å²) in [5.74, 6) is 2.11. The molecule has 1 unspecified atom stereocenters. The topological polar surface area (TPSA) is 60.7 Å². The molecule has 2 aromatic carbocycles. The first-order valence-electron chi connectivity index (χ1n) is 8.96. The molecule has 1 atom stereocenters. The van der Waals surface area contributed by atoms with Crippen LogP contribution in [-0.2, 0) is 6.61 Å². The number of hydrogen-bond acceptors (Lipinski definition) is 4. The Labute approximate surface area is 158 Å². The van der Waals surface area contributed by atoms with Gasteiger partial charge in [-0.25, -0.2) is 0 Å². The summed E-state index contributed by atoms with van der Waals surface area (Å²) in [5.41, 5.74) is 1.04. The molecule has 0 aliphatic heterocycles. The molecule has 0 spiro atoms. The van der Waals surface area contributed by atoms with Crippen molar-refractivity contribution in [2.75, 3.05) is 6.61 Å². The Morgan fingerprint density at radius 1 is 0.963 bits per heavy atom. The standard InChI is InChI=1S/C22H23NO4/c1-3-25-18-9-11-19(12-10-18)26-15-20-13-14-21(27-20)22(24)23-16(2)17-7-5-4-6-8-17/h4-14,16H,3,15H2,1-2H3,(H,23,24). The first kappa shape index (κ1) is 18.6. The lowest BCUT2D eigenvalue weighted by atomic mass is 10.1. The molecule has 1 aromatic heterocycles. The molecule has 1 heterocycles. The summed E-state index contributed by atoms with van der Waals surface area (Å²) < 4.78 is 16.7. The first-order chi connectivity index (χ1) is 13.2. The van der Waals surface area contributed by atoms with Crippen LogP contribution in [0, 0.1) is 0 Å². The Bertz CT molecular complexity index is 856. The molecule has 1 N–H and O–H groups in total. The van der Waals surface area contributed by atoms with Crippen molar-refractivity contribution < 1.29 is 18.7 Å². The van der Waals surface area contributed by atoms with E-state index >= 15 is 0 Å². The van der Waals surface area contributed by atoms with Gasteiger partial charge in [0, 0.05) is 0 Å². The zero-order chi connectivity index (χ0) is 19.1. The highest BCUT2D eigenvalue weighted by atomic mass is 16.5. The molecule has 1 amide bonds. The molecule has 0 radical (unpaired) electrons. The number of rotatable bonds is 8. The number of nitrogens with one attached hydrogen (secondary N) is 1. The van der Waals surface area contributed by atoms with Crippen LogP contribution in [0.4, 0.5) is 0 Å². The molecule has 3 rings (SSSR count). The van der Waals surface area contributed by atoms with Crippen molar-refractivity contribution in [1.29, 1.82) is 0 Å². The summed E-state index contributed by atoms with van der Waals surface area (Å²) >= 11 is 0. The molecule has 0 bridgehead atoms. The number of furan rings is 1. The van der Waals surface area contributed by atoms with Crippen molar-refractivity contribution >= 4 is 5.91 Å². The predicted octanol–water partition coefficient (Wildman–Crippen LogP) is 4.75. The SMILES string of the molecule is CCOc1ccc(OCc2ccc(C(=O)NC(C)c3ccccc3)o2)cc1. The van der Waals surface area contributed by atoms with E-state index in [9.17, 15) is 4.79 Å². The van der Waals surface area contributed by atoms with Crippen LogP contribution >= 0.6 is 0 Å². The van der Waals surface area contributed by atoms with Gasteiger partial charge in [0.1, 0.15) is 23.9 Å². The average molecular weight is 365 g/mol. The second kappa shape index (κ2) is 8.94. The molecule has 0 aliphatic carbocycles. The van der Waals surface area contributed by atoms with Gasteiger partial charge in [-0.15, -0.1) is 0 Å². The van der Waals surface area contributed by atoms with Gasteiger partial charge in [0.2, 0.25) is 0 Å². The zero-order valence-corrected chi connectivity index (χ0v) is 15.5. The molecule has 0 fully saturated rings. The molecule has 3 aromatic rings. The van der Waals surface area contributed by atoms with Gasteiger partial charge in [0.25, 0.3) is 5.91 Å². The highest BCUT2D eigenvalue weighted by Crippen LogP contribution is 2.19. The van der Waals surface area contributed by atoms with Crippen molar-refractivity contribution in [3.63, 3.8) is 0 Å². The van der Waals surface area contributed by atoms with Crippen LogP contribution in [-0.4, -0.2) is 12.5 Å². The van der Waals surface area contributed by atoms with E-state index < -0.39 is 0 Å². The third-order valence-electron chi connectivity index (χ3n) is 4.05. The van der Waals surface area contributed by atoms with Crippen LogP contribution < -0.4 is 14.8 Å². The fraction of sp³-hybridized carbons (Fsp3) is 0.227. The monoisotopic (exact) mass is 365 g/mol. The Balaban J connectivity index is 1.53. The molecule has 0 aliphatic rings. The lowest BCUT2D eigenvalue weighted by Crippen LogP contribution is -2.26. The third-order valence-corrected chi connectivity index (χ3v) is 4.05. The highest BCUT2D eigenvalue weighted by molar-refractivity contribution is 5.91. The minimum atomic E-state index is -0.251. The van der Waals surface area contributed by atoms with E-state index in [1.54, 1.807) is 12.1 Å². The van der Waals surface area contributed by atoms with Gasteiger partial charge < -0.3 is 19.2 Å². The second-order valence-electron chi connectivity index (χ2n) is 6.06. The van der Waals surface area contributed by atoms with Gasteiger partial charge in [0.05, 0.1) is 12.6 Å². The van der Waals surface area contributed by atoms with E-state index in [0.717, 1.165) is 11.3 Å². The third kappa shape index (κ3) is 5.14. The number of benzene rings is 2. The molecule has 0 saturated heterocycles. The smallest absolute Gasteiger partial charge is 0.287 e. The van der Waals surface area contributed by atoms with Gasteiger partial charge in [0.15, 0.2) is 5.76 Å². The van der Waals surface area contributed by atoms with Gasteiger partial charge in [-0.3, -0.25) is 4.79 Å². The quantitative estimate of drug-likeness (QED) is 0.626. The lowest BCUT2D eigenvalue weighted by molar-refractivity contribution is 0.0907. The van der Waals surface area contributed by atoms with Crippen molar-refractivity contribution in [3.8, 4) is 11.5 Å². The lowest BCUT2D eigenvalue weighted by Gasteiger charge is -2.13. The van der Waals surface area contributed by atoms with Crippen molar-refractivity contribution in [2.45, 2.75) is 26.5 Å². The summed E-state index contributed by atoms with van der Waals surface area (Å²) in [6, 6.07) is 20.5. The number of carbonyl (C=O) groups is 1. The van der Waals surface area contributed by atoms with Crippen LogP contribution in [0.2, 0.25) is 0 Å². The predicted molar refractivity (Wildman–Crippen MR) is 103 cm³/mol. The largest absolute Gasteiger partial charge is 0.494 e. The van der Waals surface area contributed by atoms with Crippen LogP contribution in [0.3, 0.4) is 0 Å². The fourth-order valence-electron chi connectivity index (χ4n) is 2.62. The van der Waals surface area contributed by atoms with Gasteiger partial charge in [-0.2, -0.15) is 0 Å². The number of amides is 1. The summed E-state index contributed by atoms with van der Waals surface area (Å²) in [6.07, 6.45) is 0. The highest BCUT2D eigenvalue weighted by Gasteiger charge is 2.15. The number of hydrogen-bond donors (Lipinski definition) is 1. The Kier molecular flexibility index (Phi) is 6.15. The average Bonchev–Trinajstić information content (AvgIpc) is 3.17. The van der Waals surface area contributed by atoms with E-state index in [2.05, 4.69) is 5.32 Å². The summed E-state index contributed by atoms with van der Waals surface area (Å²) in [5, 5.41) is 2.93. The summed E-state index contributed by atoms with van der Waals surface area (Å²) in [4.78, 5) is 12.4. The van der Waals surface area contributed by atoms with E-state index in [1.807, 2.05) is 68.4 Å². The van der Waals surface area contributed by atoms with Gasteiger partial charge in [-0.05, 0) is 55.8 Å². The zero-order valence-electron chi connectivity index (χ0n) is 15.5. The van der Waals surface area contributed by atoms with Crippen LogP contribution in [0.25, 0.3) is 0 Å². The van der Waals surface area contributed by atoms with Crippen LogP contribution in [0.1, 0.15) is 41.8 Å². The maximum Gasteiger partial charge on any atom is 0.287 e. The number of carbonyl (C=O) groups excluding carboxylic acids is 1. The van der Waals surface area contributed by atoms with E-state index in [1.165, 1.54) is 0 Å². The Hall–Kier alpha value is -3.21. The maximum absolute atomic E-state index is 12.4. The normalized spacial score (nSPS) is 11.6. The summed E-state index contributed by atoms with van der Waals surface area (Å²) in [6.45, 7) is 4.75. The van der Waals surface area contributed by atoms with Crippen LogP contribution in [0.5, 0.6) is 11.5 Å².